The van der Waals surface area contributed by atoms with Gasteiger partial charge >= 0.3 is 0 Å². The fraction of sp³-hybridized carbons (Fsp3) is 0.0625. The Balaban J connectivity index is 2.21. The van der Waals surface area contributed by atoms with Gasteiger partial charge in [-0.2, -0.15) is 10.4 Å². The summed E-state index contributed by atoms with van der Waals surface area (Å²) in [6.07, 6.45) is 1.59. The lowest BCUT2D eigenvalue weighted by atomic mass is 10.1. The molecule has 0 saturated heterocycles. The molecule has 0 N–H and O–H groups in total. The van der Waals surface area contributed by atoms with E-state index in [0.717, 1.165) is 16.8 Å². The van der Waals surface area contributed by atoms with Gasteiger partial charge in [0.25, 0.3) is 0 Å². The average Bonchev–Trinajstić information content (AvgIpc) is 2.91. The molecule has 96 valence electrons. The van der Waals surface area contributed by atoms with Gasteiger partial charge in [0.1, 0.15) is 0 Å². The summed E-state index contributed by atoms with van der Waals surface area (Å²) in [5.41, 5.74) is 3.86. The van der Waals surface area contributed by atoms with E-state index in [-0.39, 0.29) is 5.78 Å². The fourth-order valence-electron chi connectivity index (χ4n) is 2.22. The second-order valence-electron chi connectivity index (χ2n) is 4.51. The summed E-state index contributed by atoms with van der Waals surface area (Å²) in [5.74, 6) is -0.00280. The first-order valence-electron chi connectivity index (χ1n) is 6.19. The van der Waals surface area contributed by atoms with E-state index in [9.17, 15) is 4.79 Å². The Morgan fingerprint density at radius 1 is 1.20 bits per heavy atom. The molecule has 0 bridgehead atoms. The highest BCUT2D eigenvalue weighted by Crippen LogP contribution is 2.22. The molecule has 0 amide bonds. The smallest absolute Gasteiger partial charge is 0.163 e. The van der Waals surface area contributed by atoms with Crippen molar-refractivity contribution in [2.75, 3.05) is 0 Å². The van der Waals surface area contributed by atoms with E-state index in [1.165, 1.54) is 6.92 Å². The lowest BCUT2D eigenvalue weighted by Crippen LogP contribution is -1.95. The van der Waals surface area contributed by atoms with Crippen LogP contribution in [-0.2, 0) is 0 Å². The highest BCUT2D eigenvalue weighted by atomic mass is 16.1. The molecule has 20 heavy (non-hydrogen) atoms. The molecule has 4 heteroatoms. The van der Waals surface area contributed by atoms with Gasteiger partial charge < -0.3 is 0 Å². The summed E-state index contributed by atoms with van der Waals surface area (Å²) < 4.78 is 1.75. The van der Waals surface area contributed by atoms with Crippen LogP contribution in [0.2, 0.25) is 0 Å². The lowest BCUT2D eigenvalue weighted by molar-refractivity contribution is 0.101. The van der Waals surface area contributed by atoms with Crippen LogP contribution in [0.1, 0.15) is 22.8 Å². The third-order valence-electron chi connectivity index (χ3n) is 3.23. The van der Waals surface area contributed by atoms with Crippen LogP contribution in [0.4, 0.5) is 0 Å². The number of ketones is 1. The maximum absolute atomic E-state index is 11.6. The molecule has 0 aliphatic carbocycles. The predicted octanol–water partition coefficient (Wildman–Crippen LogP) is 3.08. The number of carbonyl (C=O) groups is 1. The van der Waals surface area contributed by atoms with E-state index >= 15 is 0 Å². The molecule has 3 aromatic rings. The van der Waals surface area contributed by atoms with Gasteiger partial charge in [0.2, 0.25) is 0 Å². The summed E-state index contributed by atoms with van der Waals surface area (Å²) >= 11 is 0. The number of rotatable bonds is 2. The lowest BCUT2D eigenvalue weighted by Gasteiger charge is -2.05. The molecule has 2 heterocycles. The summed E-state index contributed by atoms with van der Waals surface area (Å²) in [4.78, 5) is 11.6. The normalized spacial score (nSPS) is 10.4. The SMILES string of the molecule is CC(=O)c1cnn2c(-c3ccc(C#N)cc3)cccc12. The number of hydrogen-bond donors (Lipinski definition) is 0. The largest absolute Gasteiger partial charge is 0.294 e. The number of benzene rings is 1. The van der Waals surface area contributed by atoms with Crippen molar-refractivity contribution in [3.8, 4) is 17.3 Å². The van der Waals surface area contributed by atoms with Crippen molar-refractivity contribution < 1.29 is 4.79 Å². The van der Waals surface area contributed by atoms with E-state index in [4.69, 9.17) is 5.26 Å². The summed E-state index contributed by atoms with van der Waals surface area (Å²) in [7, 11) is 0. The highest BCUT2D eigenvalue weighted by Gasteiger charge is 2.11. The van der Waals surface area contributed by atoms with Gasteiger partial charge in [-0.15, -0.1) is 0 Å². The molecule has 0 spiro atoms. The van der Waals surface area contributed by atoms with Crippen molar-refractivity contribution in [1.29, 1.82) is 5.26 Å². The first-order valence-corrected chi connectivity index (χ1v) is 6.19. The fourth-order valence-corrected chi connectivity index (χ4v) is 2.22. The molecule has 0 saturated carbocycles. The van der Waals surface area contributed by atoms with Crippen LogP contribution in [0, 0.1) is 11.3 Å². The first-order chi connectivity index (χ1) is 9.70. The van der Waals surface area contributed by atoms with Crippen molar-refractivity contribution >= 4 is 11.3 Å². The van der Waals surface area contributed by atoms with Crippen LogP contribution in [0.15, 0.2) is 48.7 Å². The van der Waals surface area contributed by atoms with Crippen molar-refractivity contribution in [2.24, 2.45) is 0 Å². The first kappa shape index (κ1) is 12.1. The van der Waals surface area contributed by atoms with E-state index in [1.807, 2.05) is 30.3 Å². The Morgan fingerprint density at radius 2 is 1.95 bits per heavy atom. The molecule has 2 aromatic heterocycles. The van der Waals surface area contributed by atoms with Gasteiger partial charge in [-0.3, -0.25) is 4.79 Å². The maximum Gasteiger partial charge on any atom is 0.163 e. The Labute approximate surface area is 115 Å². The number of nitrogens with zero attached hydrogens (tertiary/aromatic N) is 3. The highest BCUT2D eigenvalue weighted by molar-refractivity contribution is 6.00. The number of carbonyl (C=O) groups excluding carboxylic acids is 1. The van der Waals surface area contributed by atoms with Crippen molar-refractivity contribution in [3.63, 3.8) is 0 Å². The molecule has 0 aliphatic rings. The van der Waals surface area contributed by atoms with Gasteiger partial charge in [0.05, 0.1) is 34.6 Å². The molecule has 4 nitrogen and oxygen atoms in total. The summed E-state index contributed by atoms with van der Waals surface area (Å²) in [5, 5.41) is 13.1. The zero-order chi connectivity index (χ0) is 14.1. The van der Waals surface area contributed by atoms with Crippen LogP contribution < -0.4 is 0 Å². The second kappa shape index (κ2) is 4.63. The van der Waals surface area contributed by atoms with Crippen LogP contribution in [-0.4, -0.2) is 15.4 Å². The number of pyridine rings is 1. The Kier molecular flexibility index (Phi) is 2.81. The van der Waals surface area contributed by atoms with Crippen molar-refractivity contribution in [2.45, 2.75) is 6.92 Å². The third kappa shape index (κ3) is 1.86. The molecular weight excluding hydrogens is 250 g/mol. The monoisotopic (exact) mass is 261 g/mol. The Morgan fingerprint density at radius 3 is 2.60 bits per heavy atom. The average molecular weight is 261 g/mol. The molecule has 3 rings (SSSR count). The van der Waals surface area contributed by atoms with Gasteiger partial charge in [-0.05, 0) is 31.2 Å². The van der Waals surface area contributed by atoms with Crippen LogP contribution >= 0.6 is 0 Å². The van der Waals surface area contributed by atoms with Crippen LogP contribution in [0.5, 0.6) is 0 Å². The van der Waals surface area contributed by atoms with Gasteiger partial charge in [0.15, 0.2) is 5.78 Å². The van der Waals surface area contributed by atoms with Crippen LogP contribution in [0.3, 0.4) is 0 Å². The molecule has 0 atom stereocenters. The number of hydrogen-bond acceptors (Lipinski definition) is 3. The zero-order valence-corrected chi connectivity index (χ0v) is 10.9. The Bertz CT molecular complexity index is 838. The predicted molar refractivity (Wildman–Crippen MR) is 75.3 cm³/mol. The molecule has 0 aliphatic heterocycles. The van der Waals surface area contributed by atoms with E-state index in [1.54, 1.807) is 22.8 Å². The maximum atomic E-state index is 11.6. The minimum Gasteiger partial charge on any atom is -0.294 e. The van der Waals surface area contributed by atoms with E-state index in [0.29, 0.717) is 11.1 Å². The van der Waals surface area contributed by atoms with Gasteiger partial charge in [-0.25, -0.2) is 4.52 Å². The number of nitriles is 1. The quantitative estimate of drug-likeness (QED) is 0.666. The minimum absolute atomic E-state index is 0.00280. The van der Waals surface area contributed by atoms with Crippen molar-refractivity contribution in [1.82, 2.24) is 9.61 Å². The van der Waals surface area contributed by atoms with E-state index < -0.39 is 0 Å². The van der Waals surface area contributed by atoms with Gasteiger partial charge in [-0.1, -0.05) is 18.2 Å². The van der Waals surface area contributed by atoms with Gasteiger partial charge in [0, 0.05) is 5.56 Å². The molecule has 0 unspecified atom stereocenters. The number of fused-ring (bicyclic) bond motifs is 1. The molecule has 1 aromatic carbocycles. The number of aromatic nitrogens is 2. The van der Waals surface area contributed by atoms with E-state index in [2.05, 4.69) is 11.2 Å². The second-order valence-corrected chi connectivity index (χ2v) is 4.51. The standard InChI is InChI=1S/C16H11N3O/c1-11(20)14-10-18-19-15(3-2-4-16(14)19)13-7-5-12(9-17)6-8-13/h2-8,10H,1H3. The summed E-state index contributed by atoms with van der Waals surface area (Å²) in [6.45, 7) is 1.53. The zero-order valence-electron chi connectivity index (χ0n) is 10.9. The Hall–Kier alpha value is -2.93. The molecule has 0 radical (unpaired) electrons. The summed E-state index contributed by atoms with van der Waals surface area (Å²) in [6, 6.07) is 15.1. The minimum atomic E-state index is -0.00280. The van der Waals surface area contributed by atoms with Crippen molar-refractivity contribution in [3.05, 3.63) is 59.8 Å². The number of Topliss-reactive ketones (excluding diaryl/α,β-unsaturated/α-hetero) is 1. The third-order valence-corrected chi connectivity index (χ3v) is 3.23. The molecule has 0 fully saturated rings. The van der Waals surface area contributed by atoms with Crippen LogP contribution in [0.25, 0.3) is 16.8 Å². The molecular formula is C16H11N3O. The topological polar surface area (TPSA) is 58.2 Å².